The van der Waals surface area contributed by atoms with Crippen LogP contribution in [0.3, 0.4) is 0 Å². The van der Waals surface area contributed by atoms with E-state index in [0.29, 0.717) is 21.9 Å². The highest BCUT2D eigenvalue weighted by molar-refractivity contribution is 6.31. The molecule has 1 aliphatic heterocycles. The van der Waals surface area contributed by atoms with Crippen molar-refractivity contribution in [3.63, 3.8) is 0 Å². The molecule has 1 saturated heterocycles. The second-order valence-corrected chi connectivity index (χ2v) is 7.80. The van der Waals surface area contributed by atoms with Crippen LogP contribution in [0.1, 0.15) is 30.9 Å². The first kappa shape index (κ1) is 22.2. The molecule has 3 rings (SSSR count). The second kappa shape index (κ2) is 10.5. The van der Waals surface area contributed by atoms with E-state index in [2.05, 4.69) is 22.3 Å². The molecule has 160 valence electrons. The summed E-state index contributed by atoms with van der Waals surface area (Å²) in [5.41, 5.74) is 2.21. The number of piperidine rings is 1. The Kier molecular flexibility index (Phi) is 7.82. The summed E-state index contributed by atoms with van der Waals surface area (Å²) in [5.74, 6) is -0.856. The molecule has 0 aromatic heterocycles. The van der Waals surface area contributed by atoms with Gasteiger partial charge in [-0.15, -0.1) is 0 Å². The maximum Gasteiger partial charge on any atom is 0.327 e. The van der Waals surface area contributed by atoms with E-state index in [4.69, 9.17) is 16.3 Å². The molecule has 30 heavy (non-hydrogen) atoms. The number of aliphatic imine (C=N–C) groups is 1. The van der Waals surface area contributed by atoms with E-state index in [1.807, 2.05) is 12.1 Å². The van der Waals surface area contributed by atoms with Gasteiger partial charge in [-0.1, -0.05) is 23.7 Å². The Bertz CT molecular complexity index is 911. The number of likely N-dealkylation sites (tertiary alicyclic amines) is 1. The molecule has 1 aliphatic rings. The van der Waals surface area contributed by atoms with Gasteiger partial charge in [0.1, 0.15) is 12.4 Å². The van der Waals surface area contributed by atoms with Crippen LogP contribution in [0.15, 0.2) is 47.5 Å². The molecular weight excluding hydrogens is 405 g/mol. The van der Waals surface area contributed by atoms with Crippen LogP contribution in [0.2, 0.25) is 5.02 Å². The Morgan fingerprint density at radius 1 is 1.23 bits per heavy atom. The zero-order chi connectivity index (χ0) is 21.5. The van der Waals surface area contributed by atoms with Gasteiger partial charge in [0.25, 0.3) is 0 Å². The molecule has 5 nitrogen and oxygen atoms in total. The Labute approximate surface area is 181 Å². The van der Waals surface area contributed by atoms with Gasteiger partial charge in [0, 0.05) is 27.9 Å². The van der Waals surface area contributed by atoms with Gasteiger partial charge >= 0.3 is 5.97 Å². The Balaban J connectivity index is 1.99. The van der Waals surface area contributed by atoms with E-state index >= 15 is 0 Å². The van der Waals surface area contributed by atoms with Crippen molar-refractivity contribution in [2.75, 3.05) is 38.6 Å². The fourth-order valence-electron chi connectivity index (χ4n) is 3.53. The van der Waals surface area contributed by atoms with E-state index in [1.54, 1.807) is 31.2 Å². The van der Waals surface area contributed by atoms with Crippen molar-refractivity contribution >= 4 is 29.0 Å². The van der Waals surface area contributed by atoms with E-state index in [-0.39, 0.29) is 19.2 Å². The van der Waals surface area contributed by atoms with E-state index in [1.165, 1.54) is 6.07 Å². The highest BCUT2D eigenvalue weighted by Crippen LogP contribution is 2.27. The molecule has 0 aliphatic carbocycles. The molecule has 2 aromatic rings. The van der Waals surface area contributed by atoms with Crippen molar-refractivity contribution in [2.45, 2.75) is 25.8 Å². The van der Waals surface area contributed by atoms with Crippen molar-refractivity contribution in [1.82, 2.24) is 4.90 Å². The third kappa shape index (κ3) is 5.80. The van der Waals surface area contributed by atoms with Crippen LogP contribution < -0.4 is 5.32 Å². The Morgan fingerprint density at radius 3 is 2.67 bits per heavy atom. The minimum atomic E-state index is -0.454. The van der Waals surface area contributed by atoms with Crippen LogP contribution >= 0.6 is 11.6 Å². The molecule has 0 bridgehead atoms. The topological polar surface area (TPSA) is 53.9 Å². The number of hydrogen-bond acceptors (Lipinski definition) is 5. The largest absolute Gasteiger partial charge is 0.465 e. The summed E-state index contributed by atoms with van der Waals surface area (Å²) in [5, 5.41) is 4.14. The van der Waals surface area contributed by atoms with Crippen LogP contribution in [-0.4, -0.2) is 55.9 Å². The predicted molar refractivity (Wildman–Crippen MR) is 119 cm³/mol. The van der Waals surface area contributed by atoms with Crippen molar-refractivity contribution in [1.29, 1.82) is 0 Å². The van der Waals surface area contributed by atoms with Gasteiger partial charge in [-0.3, -0.25) is 9.79 Å². The quantitative estimate of drug-likeness (QED) is 0.522. The van der Waals surface area contributed by atoms with Gasteiger partial charge in [-0.05, 0) is 70.2 Å². The van der Waals surface area contributed by atoms with Gasteiger partial charge in [-0.2, -0.15) is 0 Å². The number of nitrogens with zero attached hydrogens (tertiary/aromatic N) is 2. The molecule has 0 spiro atoms. The lowest BCUT2D eigenvalue weighted by atomic mass is 9.98. The number of carbonyl (C=O) groups excluding carboxylic acids is 1. The van der Waals surface area contributed by atoms with E-state index < -0.39 is 11.8 Å². The lowest BCUT2D eigenvalue weighted by molar-refractivity contribution is -0.141. The second-order valence-electron chi connectivity index (χ2n) is 7.36. The lowest BCUT2D eigenvalue weighted by Gasteiger charge is -2.31. The molecule has 0 radical (unpaired) electrons. The van der Waals surface area contributed by atoms with Crippen molar-refractivity contribution in [2.24, 2.45) is 4.99 Å². The molecule has 0 atom stereocenters. The third-order valence-electron chi connectivity index (χ3n) is 5.12. The zero-order valence-electron chi connectivity index (χ0n) is 17.3. The third-order valence-corrected chi connectivity index (χ3v) is 5.35. The summed E-state index contributed by atoms with van der Waals surface area (Å²) in [7, 11) is 2.11. The van der Waals surface area contributed by atoms with Gasteiger partial charge in [0.15, 0.2) is 0 Å². The van der Waals surface area contributed by atoms with E-state index in [0.717, 1.165) is 31.6 Å². The minimum Gasteiger partial charge on any atom is -0.465 e. The normalized spacial score (nSPS) is 15.8. The number of ether oxygens (including phenoxy) is 1. The molecule has 2 aromatic carbocycles. The zero-order valence-corrected chi connectivity index (χ0v) is 18.1. The monoisotopic (exact) mass is 431 g/mol. The summed E-state index contributed by atoms with van der Waals surface area (Å²) in [4.78, 5) is 18.7. The Hall–Kier alpha value is -2.44. The highest BCUT2D eigenvalue weighted by Gasteiger charge is 2.21. The minimum absolute atomic E-state index is 0.187. The predicted octanol–water partition coefficient (Wildman–Crippen LogP) is 4.39. The summed E-state index contributed by atoms with van der Waals surface area (Å²) < 4.78 is 19.7. The molecule has 1 heterocycles. The first-order valence-electron chi connectivity index (χ1n) is 10.2. The fraction of sp³-hybridized carbons (Fsp3) is 0.391. The molecule has 0 unspecified atom stereocenters. The number of carbonyl (C=O) groups is 1. The number of halogens is 2. The van der Waals surface area contributed by atoms with Crippen molar-refractivity contribution < 1.29 is 13.9 Å². The Morgan fingerprint density at radius 2 is 1.97 bits per heavy atom. The fourth-order valence-corrected chi connectivity index (χ4v) is 3.71. The molecule has 1 N–H and O–H groups in total. The average molecular weight is 432 g/mol. The van der Waals surface area contributed by atoms with E-state index in [9.17, 15) is 9.18 Å². The molecule has 0 amide bonds. The standard InChI is InChI=1S/C23H27ClFN3O2/c1-3-30-22(29)15-26-23(18-6-4-5-7-20(18)25)19-9-8-16(24)14-21(19)27-17-10-12-28(2)13-11-17/h4-9,14,17,27H,3,10-13,15H2,1-2H3. The van der Waals surface area contributed by atoms with Crippen molar-refractivity contribution in [3.8, 4) is 0 Å². The van der Waals surface area contributed by atoms with Gasteiger partial charge < -0.3 is 15.0 Å². The van der Waals surface area contributed by atoms with Crippen molar-refractivity contribution in [3.05, 3.63) is 64.4 Å². The van der Waals surface area contributed by atoms with Crippen LogP contribution in [0.4, 0.5) is 10.1 Å². The molecule has 0 saturated carbocycles. The van der Waals surface area contributed by atoms with Gasteiger partial charge in [-0.25, -0.2) is 4.39 Å². The number of rotatable bonds is 7. The number of anilines is 1. The summed E-state index contributed by atoms with van der Waals surface area (Å²) >= 11 is 6.27. The average Bonchev–Trinajstić information content (AvgIpc) is 2.72. The molecule has 7 heteroatoms. The number of benzene rings is 2. The van der Waals surface area contributed by atoms with Gasteiger partial charge in [0.05, 0.1) is 12.3 Å². The van der Waals surface area contributed by atoms with Gasteiger partial charge in [0.2, 0.25) is 0 Å². The highest BCUT2D eigenvalue weighted by atomic mass is 35.5. The smallest absolute Gasteiger partial charge is 0.327 e. The van der Waals surface area contributed by atoms with Crippen LogP contribution in [0.25, 0.3) is 0 Å². The molecular formula is C23H27ClFN3O2. The number of nitrogens with one attached hydrogen (secondary N) is 1. The summed E-state index contributed by atoms with van der Waals surface area (Å²) in [6.07, 6.45) is 1.99. The SMILES string of the molecule is CCOC(=O)CN=C(c1ccccc1F)c1ccc(Cl)cc1NC1CCN(C)CC1. The number of esters is 1. The maximum atomic E-state index is 14.7. The first-order chi connectivity index (χ1) is 14.5. The maximum absolute atomic E-state index is 14.7. The first-order valence-corrected chi connectivity index (χ1v) is 10.6. The van der Waals surface area contributed by atoms with Crippen LogP contribution in [0, 0.1) is 5.82 Å². The summed E-state index contributed by atoms with van der Waals surface area (Å²) in [6.45, 7) is 3.83. The summed E-state index contributed by atoms with van der Waals surface area (Å²) in [6, 6.07) is 12.1. The van der Waals surface area contributed by atoms with Crippen LogP contribution in [-0.2, 0) is 9.53 Å². The van der Waals surface area contributed by atoms with Crippen LogP contribution in [0.5, 0.6) is 0 Å². The number of hydrogen-bond donors (Lipinski definition) is 1. The lowest BCUT2D eigenvalue weighted by Crippen LogP contribution is -2.37. The molecule has 1 fully saturated rings.